The molecule has 21 heavy (non-hydrogen) atoms. The van der Waals surface area contributed by atoms with E-state index in [1.54, 1.807) is 0 Å². The van der Waals surface area contributed by atoms with Crippen LogP contribution in [0.3, 0.4) is 0 Å². The summed E-state index contributed by atoms with van der Waals surface area (Å²) in [6, 6.07) is 0. The average Bonchev–Trinajstić information content (AvgIpc) is 2.85. The normalized spacial score (nSPS) is 27.1. The third-order valence-electron chi connectivity index (χ3n) is 5.49. The average molecular weight is 306 g/mol. The maximum Gasteiger partial charge on any atom is 1.00 e. The standard InChI is InChI=1S/C15H28O4Si.Li/c1-11-13(16)19-15(11,20(5,6)14(2,3)4)8-7-12-17-9-10-18-12;/h12,16H,7-10H2,1-6H3;/q;+1/p-1. The van der Waals surface area contributed by atoms with Crippen LogP contribution in [0.2, 0.25) is 18.1 Å². The van der Waals surface area contributed by atoms with Crippen LogP contribution in [0.5, 0.6) is 0 Å². The molecule has 1 unspecified atom stereocenters. The van der Waals surface area contributed by atoms with Crippen molar-refractivity contribution in [1.29, 1.82) is 0 Å². The second-order valence-electron chi connectivity index (χ2n) is 7.43. The zero-order valence-corrected chi connectivity index (χ0v) is 15.5. The SMILES string of the molecule is CC1=C([O-])OC1(CCC1OCCO1)[Si](C)(C)C(C)(C)C.[Li+]. The van der Waals surface area contributed by atoms with E-state index >= 15 is 0 Å². The Hall–Kier alpha value is 0.0743. The zero-order valence-electron chi connectivity index (χ0n) is 14.5. The van der Waals surface area contributed by atoms with Gasteiger partial charge in [-0.15, -0.1) is 0 Å². The zero-order chi connectivity index (χ0) is 15.2. The van der Waals surface area contributed by atoms with Gasteiger partial charge in [0, 0.05) is 5.22 Å². The second kappa shape index (κ2) is 6.29. The number of rotatable bonds is 4. The van der Waals surface area contributed by atoms with Crippen LogP contribution in [0.1, 0.15) is 40.5 Å². The molecule has 116 valence electrons. The molecule has 0 aromatic rings. The van der Waals surface area contributed by atoms with E-state index in [1.165, 1.54) is 0 Å². The van der Waals surface area contributed by atoms with Gasteiger partial charge in [0.1, 0.15) is 0 Å². The van der Waals surface area contributed by atoms with Crippen LogP contribution in [-0.2, 0) is 14.2 Å². The largest absolute Gasteiger partial charge is 1.00 e. The van der Waals surface area contributed by atoms with Crippen molar-refractivity contribution >= 4 is 8.07 Å². The maximum atomic E-state index is 11.7. The van der Waals surface area contributed by atoms with Gasteiger partial charge in [-0.3, -0.25) is 0 Å². The minimum Gasteiger partial charge on any atom is -0.605 e. The summed E-state index contributed by atoms with van der Waals surface area (Å²) in [5.41, 5.74) is 0.891. The van der Waals surface area contributed by atoms with Crippen LogP contribution in [0.25, 0.3) is 0 Å². The fourth-order valence-electron chi connectivity index (χ4n) is 3.08. The molecule has 1 saturated heterocycles. The first kappa shape index (κ1) is 19.1. The minimum absolute atomic E-state index is 0. The summed E-state index contributed by atoms with van der Waals surface area (Å²) in [4.78, 5) is 0. The van der Waals surface area contributed by atoms with Crippen molar-refractivity contribution in [2.24, 2.45) is 0 Å². The van der Waals surface area contributed by atoms with Gasteiger partial charge in [0.2, 0.25) is 0 Å². The molecular weight excluding hydrogens is 279 g/mol. The summed E-state index contributed by atoms with van der Waals surface area (Å²) in [5, 5.41) is 11.5. The Morgan fingerprint density at radius 3 is 2.14 bits per heavy atom. The van der Waals surface area contributed by atoms with Crippen molar-refractivity contribution in [3.05, 3.63) is 11.5 Å². The van der Waals surface area contributed by atoms with Gasteiger partial charge in [-0.05, 0) is 30.4 Å². The molecule has 0 N–H and O–H groups in total. The van der Waals surface area contributed by atoms with Gasteiger partial charge >= 0.3 is 18.9 Å². The molecule has 0 aromatic carbocycles. The number of ether oxygens (including phenoxy) is 3. The van der Waals surface area contributed by atoms with E-state index in [0.29, 0.717) is 13.2 Å². The minimum atomic E-state index is -1.84. The first-order valence-electron chi connectivity index (χ1n) is 7.42. The van der Waals surface area contributed by atoms with Crippen molar-refractivity contribution in [3.8, 4) is 0 Å². The molecule has 0 amide bonds. The monoisotopic (exact) mass is 306 g/mol. The Bertz CT molecular complexity index is 410. The van der Waals surface area contributed by atoms with E-state index < -0.39 is 8.07 Å². The van der Waals surface area contributed by atoms with Crippen LogP contribution < -0.4 is 24.0 Å². The Kier molecular flexibility index (Phi) is 5.73. The van der Waals surface area contributed by atoms with Crippen molar-refractivity contribution < 1.29 is 38.2 Å². The predicted octanol–water partition coefficient (Wildman–Crippen LogP) is -0.448. The first-order chi connectivity index (χ1) is 9.12. The second-order valence-corrected chi connectivity index (χ2v) is 13.0. The van der Waals surface area contributed by atoms with Gasteiger partial charge in [0.05, 0.1) is 27.2 Å². The molecule has 6 heteroatoms. The predicted molar refractivity (Wildman–Crippen MR) is 78.6 cm³/mol. The molecule has 2 rings (SSSR count). The molecule has 0 saturated carbocycles. The number of hydrogen-bond acceptors (Lipinski definition) is 4. The molecule has 2 aliphatic rings. The van der Waals surface area contributed by atoms with Crippen LogP contribution in [-0.4, -0.2) is 32.8 Å². The summed E-state index contributed by atoms with van der Waals surface area (Å²) >= 11 is 0. The fourth-order valence-corrected chi connectivity index (χ4v) is 6.45. The van der Waals surface area contributed by atoms with E-state index in [0.717, 1.165) is 18.4 Å². The Morgan fingerprint density at radius 2 is 1.76 bits per heavy atom. The Balaban J connectivity index is 0.00000220. The molecule has 0 aliphatic carbocycles. The molecule has 0 bridgehead atoms. The molecule has 0 radical (unpaired) electrons. The van der Waals surface area contributed by atoms with E-state index in [9.17, 15) is 5.11 Å². The smallest absolute Gasteiger partial charge is 0.605 e. The molecule has 2 heterocycles. The van der Waals surface area contributed by atoms with E-state index in [1.807, 2.05) is 6.92 Å². The third kappa shape index (κ3) is 3.09. The summed E-state index contributed by atoms with van der Waals surface area (Å²) < 4.78 is 16.8. The van der Waals surface area contributed by atoms with Crippen molar-refractivity contribution in [3.63, 3.8) is 0 Å². The van der Waals surface area contributed by atoms with E-state index in [2.05, 4.69) is 33.9 Å². The summed E-state index contributed by atoms with van der Waals surface area (Å²) in [5.74, 6) is -0.136. The van der Waals surface area contributed by atoms with E-state index in [-0.39, 0.29) is 41.4 Å². The quantitative estimate of drug-likeness (QED) is 0.660. The molecular formula is C15H27LiO4Si. The van der Waals surface area contributed by atoms with Crippen LogP contribution >= 0.6 is 0 Å². The Labute approximate surface area is 141 Å². The maximum absolute atomic E-state index is 11.7. The van der Waals surface area contributed by atoms with Gasteiger partial charge in [0.25, 0.3) is 0 Å². The van der Waals surface area contributed by atoms with Crippen LogP contribution in [0.4, 0.5) is 0 Å². The van der Waals surface area contributed by atoms with Crippen molar-refractivity contribution in [2.45, 2.75) is 70.2 Å². The van der Waals surface area contributed by atoms with Gasteiger partial charge < -0.3 is 19.3 Å². The van der Waals surface area contributed by atoms with Crippen LogP contribution in [0, 0.1) is 0 Å². The van der Waals surface area contributed by atoms with Gasteiger partial charge in [0.15, 0.2) is 6.29 Å². The Morgan fingerprint density at radius 1 is 1.24 bits per heavy atom. The van der Waals surface area contributed by atoms with E-state index in [4.69, 9.17) is 14.2 Å². The first-order valence-corrected chi connectivity index (χ1v) is 10.4. The van der Waals surface area contributed by atoms with Gasteiger partial charge in [-0.25, -0.2) is 0 Å². The summed E-state index contributed by atoms with van der Waals surface area (Å²) in [6.45, 7) is 14.7. The molecule has 0 spiro atoms. The molecule has 1 atom stereocenters. The number of hydrogen-bond donors (Lipinski definition) is 0. The van der Waals surface area contributed by atoms with Crippen molar-refractivity contribution in [2.75, 3.05) is 13.2 Å². The topological polar surface area (TPSA) is 50.8 Å². The summed E-state index contributed by atoms with van der Waals surface area (Å²) in [6.07, 6.45) is 1.46. The fraction of sp³-hybridized carbons (Fsp3) is 0.867. The van der Waals surface area contributed by atoms with Crippen LogP contribution in [0.15, 0.2) is 11.5 Å². The molecule has 0 aromatic heterocycles. The molecule has 2 aliphatic heterocycles. The van der Waals surface area contributed by atoms with Gasteiger partial charge in [-0.2, -0.15) is 0 Å². The molecule has 4 nitrogen and oxygen atoms in total. The van der Waals surface area contributed by atoms with Crippen molar-refractivity contribution in [1.82, 2.24) is 0 Å². The van der Waals surface area contributed by atoms with Gasteiger partial charge in [-0.1, -0.05) is 33.9 Å². The molecule has 1 fully saturated rings. The third-order valence-corrected chi connectivity index (χ3v) is 12.0. The summed E-state index contributed by atoms with van der Waals surface area (Å²) in [7, 11) is -1.84.